The first kappa shape index (κ1) is 15.7. The molecule has 0 aliphatic heterocycles. The lowest BCUT2D eigenvalue weighted by Gasteiger charge is -1.97. The molecule has 1 rings (SSSR count). The van der Waals surface area contributed by atoms with Crippen LogP contribution in [0.15, 0.2) is 29.4 Å². The van der Waals surface area contributed by atoms with E-state index in [-0.39, 0.29) is 24.8 Å². The minimum absolute atomic E-state index is 0. The first-order valence-electron chi connectivity index (χ1n) is 3.89. The van der Waals surface area contributed by atoms with E-state index in [4.69, 9.17) is 11.6 Å². The summed E-state index contributed by atoms with van der Waals surface area (Å²) in [5, 5.41) is 3.43. The van der Waals surface area contributed by atoms with E-state index in [1.54, 1.807) is 6.21 Å². The molecule has 0 aliphatic rings. The molecule has 1 aromatic carbocycles. The van der Waals surface area contributed by atoms with Gasteiger partial charge < -0.3 is 11.6 Å². The van der Waals surface area contributed by atoms with E-state index in [9.17, 15) is 0 Å². The lowest BCUT2D eigenvalue weighted by molar-refractivity contribution is 0.969. The molecule has 4 N–H and O–H groups in total. The Hall–Kier alpha value is -0.770. The minimum atomic E-state index is 0. The second kappa shape index (κ2) is 8.81. The Morgan fingerprint density at radius 2 is 1.71 bits per heavy atom. The van der Waals surface area contributed by atoms with Gasteiger partial charge in [-0.25, -0.2) is 0 Å². The van der Waals surface area contributed by atoms with Crippen molar-refractivity contribution in [3.8, 4) is 0 Å². The van der Waals surface area contributed by atoms with E-state index in [0.717, 1.165) is 12.0 Å². The second-order valence-electron chi connectivity index (χ2n) is 2.56. The van der Waals surface area contributed by atoms with Crippen LogP contribution < -0.4 is 11.6 Å². The molecule has 0 saturated heterocycles. The van der Waals surface area contributed by atoms with Crippen LogP contribution in [-0.4, -0.2) is 12.8 Å². The molecule has 0 heterocycles. The van der Waals surface area contributed by atoms with Gasteiger partial charge >= 0.3 is 0 Å². The molecular weight excluding hydrogens is 221 g/mol. The smallest absolute Gasteiger partial charge is 0.0538 e. The fourth-order valence-electron chi connectivity index (χ4n) is 1.02. The standard InChI is InChI=1S/C9H13N3.2ClH/c10-6-5-8-1-3-9(4-2-8)7-12-11;;/h1-4,7H,5-6,10-11H2;2*1H. The summed E-state index contributed by atoms with van der Waals surface area (Å²) < 4.78 is 0. The second-order valence-corrected chi connectivity index (χ2v) is 2.56. The Bertz CT molecular complexity index is 259. The maximum atomic E-state index is 5.41. The van der Waals surface area contributed by atoms with Gasteiger partial charge in [0.05, 0.1) is 6.21 Å². The first-order valence-corrected chi connectivity index (χ1v) is 3.89. The summed E-state index contributed by atoms with van der Waals surface area (Å²) in [4.78, 5) is 0. The van der Waals surface area contributed by atoms with Crippen molar-refractivity contribution in [3.05, 3.63) is 35.4 Å². The third-order valence-electron chi connectivity index (χ3n) is 1.64. The molecule has 0 unspecified atom stereocenters. The van der Waals surface area contributed by atoms with Crippen LogP contribution in [0, 0.1) is 0 Å². The number of hydrogen-bond acceptors (Lipinski definition) is 3. The van der Waals surface area contributed by atoms with Crippen LogP contribution in [0.3, 0.4) is 0 Å². The lowest BCUT2D eigenvalue weighted by atomic mass is 10.1. The fraction of sp³-hybridized carbons (Fsp3) is 0.222. The average Bonchev–Trinajstić information content (AvgIpc) is 2.09. The monoisotopic (exact) mass is 235 g/mol. The highest BCUT2D eigenvalue weighted by molar-refractivity contribution is 5.85. The van der Waals surface area contributed by atoms with Crippen LogP contribution in [0.1, 0.15) is 11.1 Å². The largest absolute Gasteiger partial charge is 0.330 e. The van der Waals surface area contributed by atoms with Gasteiger partial charge in [-0.15, -0.1) is 24.8 Å². The molecule has 0 aliphatic carbocycles. The van der Waals surface area contributed by atoms with Gasteiger partial charge in [-0.3, -0.25) is 0 Å². The van der Waals surface area contributed by atoms with Crippen molar-refractivity contribution in [1.29, 1.82) is 0 Å². The summed E-state index contributed by atoms with van der Waals surface area (Å²) in [6.07, 6.45) is 2.53. The summed E-state index contributed by atoms with van der Waals surface area (Å²) in [7, 11) is 0. The number of nitrogens with two attached hydrogens (primary N) is 2. The number of rotatable bonds is 3. The fourth-order valence-corrected chi connectivity index (χ4v) is 1.02. The number of hydrazone groups is 1. The highest BCUT2D eigenvalue weighted by atomic mass is 35.5. The molecule has 0 fully saturated rings. The topological polar surface area (TPSA) is 64.4 Å². The van der Waals surface area contributed by atoms with Gasteiger partial charge in [-0.1, -0.05) is 24.3 Å². The quantitative estimate of drug-likeness (QED) is 0.472. The van der Waals surface area contributed by atoms with Gasteiger partial charge in [0.15, 0.2) is 0 Å². The lowest BCUT2D eigenvalue weighted by Crippen LogP contribution is -2.02. The molecule has 5 heteroatoms. The van der Waals surface area contributed by atoms with Gasteiger partial charge in [0.25, 0.3) is 0 Å². The molecule has 0 amide bonds. The highest BCUT2D eigenvalue weighted by Gasteiger charge is 1.90. The third kappa shape index (κ3) is 5.07. The zero-order valence-electron chi connectivity index (χ0n) is 7.72. The Morgan fingerprint density at radius 3 is 2.14 bits per heavy atom. The average molecular weight is 236 g/mol. The van der Waals surface area contributed by atoms with Gasteiger partial charge in [0.1, 0.15) is 0 Å². The first-order chi connectivity index (χ1) is 5.86. The van der Waals surface area contributed by atoms with E-state index in [0.29, 0.717) is 6.54 Å². The van der Waals surface area contributed by atoms with Crippen LogP contribution in [0.2, 0.25) is 0 Å². The number of halogens is 2. The van der Waals surface area contributed by atoms with Crippen molar-refractivity contribution >= 4 is 31.0 Å². The molecule has 0 atom stereocenters. The van der Waals surface area contributed by atoms with E-state index in [1.807, 2.05) is 24.3 Å². The van der Waals surface area contributed by atoms with Crippen molar-refractivity contribution in [2.75, 3.05) is 6.54 Å². The number of benzene rings is 1. The van der Waals surface area contributed by atoms with Crippen molar-refractivity contribution < 1.29 is 0 Å². The van der Waals surface area contributed by atoms with Crippen molar-refractivity contribution in [2.45, 2.75) is 6.42 Å². The zero-order valence-corrected chi connectivity index (χ0v) is 9.35. The Labute approximate surface area is 96.4 Å². The normalized spacial score (nSPS) is 9.21. The summed E-state index contributed by atoms with van der Waals surface area (Å²) in [5.74, 6) is 5.01. The van der Waals surface area contributed by atoms with Crippen molar-refractivity contribution in [3.63, 3.8) is 0 Å². The molecule has 0 spiro atoms. The van der Waals surface area contributed by atoms with E-state index in [2.05, 4.69) is 5.10 Å². The Kier molecular flexibility index (Phi) is 9.88. The third-order valence-corrected chi connectivity index (χ3v) is 1.64. The molecule has 0 bridgehead atoms. The molecule has 80 valence electrons. The van der Waals surface area contributed by atoms with Crippen LogP contribution in [0.25, 0.3) is 0 Å². The minimum Gasteiger partial charge on any atom is -0.330 e. The maximum Gasteiger partial charge on any atom is 0.0538 e. The van der Waals surface area contributed by atoms with Gasteiger partial charge in [0.2, 0.25) is 0 Å². The number of hydrogen-bond donors (Lipinski definition) is 2. The highest BCUT2D eigenvalue weighted by Crippen LogP contribution is 2.02. The predicted octanol–water partition coefficient (Wildman–Crippen LogP) is 1.32. The van der Waals surface area contributed by atoms with Crippen LogP contribution in [0.4, 0.5) is 0 Å². The molecule has 0 saturated carbocycles. The van der Waals surface area contributed by atoms with Crippen LogP contribution >= 0.6 is 24.8 Å². The molecule has 3 nitrogen and oxygen atoms in total. The van der Waals surface area contributed by atoms with Gasteiger partial charge in [0, 0.05) is 0 Å². The van der Waals surface area contributed by atoms with E-state index < -0.39 is 0 Å². The van der Waals surface area contributed by atoms with E-state index in [1.165, 1.54) is 5.56 Å². The number of nitrogens with zero attached hydrogens (tertiary/aromatic N) is 1. The maximum absolute atomic E-state index is 5.41. The zero-order chi connectivity index (χ0) is 8.81. The Morgan fingerprint density at radius 1 is 1.14 bits per heavy atom. The molecule has 0 radical (unpaired) electrons. The van der Waals surface area contributed by atoms with Crippen molar-refractivity contribution in [1.82, 2.24) is 0 Å². The summed E-state index contributed by atoms with van der Waals surface area (Å²) in [6.45, 7) is 0.685. The summed E-state index contributed by atoms with van der Waals surface area (Å²) in [5.41, 5.74) is 7.67. The van der Waals surface area contributed by atoms with Gasteiger partial charge in [-0.2, -0.15) is 5.10 Å². The van der Waals surface area contributed by atoms with E-state index >= 15 is 0 Å². The summed E-state index contributed by atoms with van der Waals surface area (Å²) >= 11 is 0. The van der Waals surface area contributed by atoms with Crippen LogP contribution in [-0.2, 0) is 6.42 Å². The summed E-state index contributed by atoms with van der Waals surface area (Å²) in [6, 6.07) is 8.01. The molecule has 0 aromatic heterocycles. The molecular formula is C9H15Cl2N3. The molecule has 1 aromatic rings. The predicted molar refractivity (Wildman–Crippen MR) is 65.5 cm³/mol. The molecule has 14 heavy (non-hydrogen) atoms. The van der Waals surface area contributed by atoms with Gasteiger partial charge in [-0.05, 0) is 24.1 Å². The SMILES string of the molecule is Cl.Cl.NCCc1ccc(C=NN)cc1. The Balaban J connectivity index is 0. The van der Waals surface area contributed by atoms with Crippen LogP contribution in [0.5, 0.6) is 0 Å². The van der Waals surface area contributed by atoms with Crippen molar-refractivity contribution in [2.24, 2.45) is 16.7 Å².